The number of aliphatic imine (C=N–C) groups is 1. The van der Waals surface area contributed by atoms with Crippen LogP contribution in [0.1, 0.15) is 110 Å². The fourth-order valence-corrected chi connectivity index (χ4v) is 12.5. The number of carbonyl (C=O) groups is 5. The Morgan fingerprint density at radius 3 is 2.36 bits per heavy atom. The van der Waals surface area contributed by atoms with Crippen molar-refractivity contribution >= 4 is 64.3 Å². The number of likely N-dealkylation sites (tertiary alicyclic amines) is 2. The highest BCUT2D eigenvalue weighted by atomic mass is 32.1. The van der Waals surface area contributed by atoms with Gasteiger partial charge in [-0.3, -0.25) is 29.2 Å². The number of amides is 4. The van der Waals surface area contributed by atoms with Crippen LogP contribution >= 0.6 is 11.3 Å². The Bertz CT molecular complexity index is 2910. The van der Waals surface area contributed by atoms with Crippen molar-refractivity contribution in [3.63, 3.8) is 0 Å². The summed E-state index contributed by atoms with van der Waals surface area (Å²) in [4.78, 5) is 88.6. The lowest BCUT2D eigenvalue weighted by Gasteiger charge is -2.48. The van der Waals surface area contributed by atoms with Gasteiger partial charge < -0.3 is 43.7 Å². The summed E-state index contributed by atoms with van der Waals surface area (Å²) >= 11 is 1.12. The monoisotopic (exact) mass is 1150 g/mol. The van der Waals surface area contributed by atoms with Gasteiger partial charge >= 0.3 is 18.2 Å². The number of rotatable bonds is 11. The number of alkyl halides is 3. The van der Waals surface area contributed by atoms with Crippen LogP contribution in [-0.4, -0.2) is 179 Å². The van der Waals surface area contributed by atoms with Crippen LogP contribution in [0.15, 0.2) is 40.5 Å². The molecule has 0 radical (unpaired) electrons. The van der Waals surface area contributed by atoms with Crippen molar-refractivity contribution in [1.82, 2.24) is 44.9 Å². The minimum Gasteiger partial charge on any atom is -0.464 e. The molecule has 23 heteroatoms. The highest BCUT2D eigenvalue weighted by Gasteiger charge is 2.50. The van der Waals surface area contributed by atoms with Crippen LogP contribution in [0.5, 0.6) is 0 Å². The number of hydrogen-bond donors (Lipinski definition) is 2. The highest BCUT2D eigenvalue weighted by Crippen LogP contribution is 2.43. The summed E-state index contributed by atoms with van der Waals surface area (Å²) < 4.78 is 79.9. The molecule has 5 aliphatic rings. The van der Waals surface area contributed by atoms with E-state index >= 15 is 4.39 Å². The Kier molecular flexibility index (Phi) is 18.5. The van der Waals surface area contributed by atoms with E-state index in [9.17, 15) is 37.1 Å². The quantitative estimate of drug-likeness (QED) is 0.107. The molecule has 1 aromatic carbocycles. The van der Waals surface area contributed by atoms with Gasteiger partial charge in [0.25, 0.3) is 5.91 Å². The topological polar surface area (TPSA) is 183 Å². The van der Waals surface area contributed by atoms with Gasteiger partial charge in [0.2, 0.25) is 11.8 Å². The Labute approximate surface area is 476 Å². The number of hydrogen-bond acceptors (Lipinski definition) is 14. The first kappa shape index (κ1) is 61.2. The molecule has 0 saturated carbocycles. The van der Waals surface area contributed by atoms with Crippen molar-refractivity contribution in [3.05, 3.63) is 57.6 Å². The van der Waals surface area contributed by atoms with E-state index in [1.165, 1.54) is 18.2 Å². The second-order valence-corrected chi connectivity index (χ2v) is 25.5. The predicted molar refractivity (Wildman–Crippen MR) is 301 cm³/mol. The summed E-state index contributed by atoms with van der Waals surface area (Å²) in [6, 6.07) is -0.684. The van der Waals surface area contributed by atoms with Crippen LogP contribution < -0.4 is 10.7 Å². The fourth-order valence-electron chi connectivity index (χ4n) is 11.6. The number of halogens is 4. The predicted octanol–water partition coefficient (Wildman–Crippen LogP) is 7.99. The maximum Gasteiger partial charge on any atom is 0.410 e. The average molecular weight is 1150 g/mol. The minimum absolute atomic E-state index is 0.00920. The van der Waals surface area contributed by atoms with Gasteiger partial charge in [0.05, 0.1) is 40.0 Å². The van der Waals surface area contributed by atoms with Crippen LogP contribution in [0.3, 0.4) is 0 Å². The van der Waals surface area contributed by atoms with Gasteiger partial charge in [-0.25, -0.2) is 19.6 Å². The van der Waals surface area contributed by atoms with Gasteiger partial charge in [-0.05, 0) is 109 Å². The van der Waals surface area contributed by atoms with E-state index < -0.39 is 89.0 Å². The third-order valence-electron chi connectivity index (χ3n) is 16.2. The molecule has 2 N–H and O–H groups in total. The molecule has 4 amide bonds. The first-order valence-corrected chi connectivity index (χ1v) is 29.0. The minimum atomic E-state index is -4.75. The number of thiazole rings is 1. The van der Waals surface area contributed by atoms with Gasteiger partial charge in [0.15, 0.2) is 0 Å². The fraction of sp³-hybridized carbons (Fsp3) is 0.638. The Morgan fingerprint density at radius 2 is 1.70 bits per heavy atom. The molecule has 4 saturated heterocycles. The van der Waals surface area contributed by atoms with Crippen LogP contribution in [0.2, 0.25) is 0 Å². The van der Waals surface area contributed by atoms with Crippen molar-refractivity contribution in [1.29, 1.82) is 0 Å². The first-order valence-electron chi connectivity index (χ1n) is 28.2. The number of benzene rings is 1. The molecule has 2 aromatic heterocycles. The summed E-state index contributed by atoms with van der Waals surface area (Å²) in [5.41, 5.74) is 2.19. The maximum absolute atomic E-state index is 16.9. The molecule has 6 bridgehead atoms. The molecule has 18 nitrogen and oxygen atoms in total. The summed E-state index contributed by atoms with van der Waals surface area (Å²) in [5, 5.41) is 6.52. The zero-order valence-corrected chi connectivity index (χ0v) is 49.3. The molecule has 3 aromatic rings. The van der Waals surface area contributed by atoms with Gasteiger partial charge in [0, 0.05) is 105 Å². The molecule has 7 heterocycles. The number of methoxy groups -OCH3 is 1. The molecular weight excluding hydrogens is 1070 g/mol. The van der Waals surface area contributed by atoms with Crippen molar-refractivity contribution in [2.75, 3.05) is 73.1 Å². The number of hydrazine groups is 1. The number of allylic oxidation sites excluding steroid dienone is 1. The van der Waals surface area contributed by atoms with Crippen molar-refractivity contribution in [2.45, 2.75) is 149 Å². The first-order chi connectivity index (χ1) is 38.1. The third kappa shape index (κ3) is 14.3. The standard InChI is InChI=1S/C58H80F4N10O8S/c1-35(2)49(70-18-13-15-57(53(70)76)16-20-69(21-17-57)54(77)80-55(5,6)7)50(73)65-44-29-48-64-45(32-81-48)39-26-38-40(30-56(8,9)34-79-52(75)42-14-12-19-72(66-42)51(44)74)47(71(33-58(60,61)62)46(38)27-41(39)59)28-43(37(4)78-11)63-31-36(3)68-24-22-67(10)23-25-68/h26-28,31-32,35,37,42,44,49,66H,3,12-25,29-30,33-34H2,1-2,4-11H3,(H,65,73)/b43-28+,63-31-/t37-,42-,44-,49-/m0/s1. The zero-order valence-electron chi connectivity index (χ0n) is 48.5. The summed E-state index contributed by atoms with van der Waals surface area (Å²) in [5.74, 6) is -3.23. The number of likely N-dealkylation sites (N-methyl/N-ethyl adjacent to an activating group) is 1. The molecule has 4 fully saturated rings. The molecule has 444 valence electrons. The van der Waals surface area contributed by atoms with Gasteiger partial charge in [-0.1, -0.05) is 34.3 Å². The number of piperazine rings is 1. The van der Waals surface area contributed by atoms with E-state index in [-0.39, 0.29) is 60.1 Å². The van der Waals surface area contributed by atoms with Crippen LogP contribution in [0.25, 0.3) is 28.2 Å². The molecule has 4 atom stereocenters. The lowest BCUT2D eigenvalue weighted by molar-refractivity contribution is -0.158. The van der Waals surface area contributed by atoms with Crippen molar-refractivity contribution < 1.29 is 55.7 Å². The number of aromatic nitrogens is 2. The van der Waals surface area contributed by atoms with Crippen LogP contribution in [0, 0.1) is 22.6 Å². The second kappa shape index (κ2) is 24.5. The van der Waals surface area contributed by atoms with Crippen LogP contribution in [-0.2, 0) is 52.8 Å². The summed E-state index contributed by atoms with van der Waals surface area (Å²) in [6.07, 6.45) is -0.165. The number of nitrogens with zero attached hydrogens (tertiary/aromatic N) is 8. The van der Waals surface area contributed by atoms with E-state index in [2.05, 4.69) is 27.1 Å². The van der Waals surface area contributed by atoms with E-state index in [1.807, 2.05) is 34.7 Å². The van der Waals surface area contributed by atoms with Crippen molar-refractivity contribution in [2.24, 2.45) is 21.7 Å². The van der Waals surface area contributed by atoms with Gasteiger partial charge in [0.1, 0.15) is 36.1 Å². The molecule has 81 heavy (non-hydrogen) atoms. The third-order valence-corrected chi connectivity index (χ3v) is 17.0. The molecule has 8 rings (SSSR count). The Hall–Kier alpha value is -5.91. The number of nitrogens with one attached hydrogen (secondary N) is 2. The lowest BCUT2D eigenvalue weighted by Crippen LogP contribution is -2.64. The van der Waals surface area contributed by atoms with E-state index in [1.54, 1.807) is 55.2 Å². The second-order valence-electron chi connectivity index (χ2n) is 24.6. The number of esters is 1. The van der Waals surface area contributed by atoms with E-state index in [4.69, 9.17) is 24.2 Å². The molecule has 0 aliphatic carbocycles. The SMILES string of the molecule is C=C(/C=N\C(=C\c1c2c3cc(c(F)cc3n1CC(F)(F)F)-c1csc(n1)C[C@H](NC(=O)[C@H](C(C)C)N1CCCC3(CCN(C(=O)OC(C)(C)C)CC3)C1=O)C(=O)N1CCC[C@H](N1)C(=O)OCC(C)(C)C2)[C@H](C)OC)N1CCN(C)CC1. The number of cyclic esters (lactones) is 1. The van der Waals surface area contributed by atoms with E-state index in [0.717, 1.165) is 35.1 Å². The zero-order chi connectivity index (χ0) is 58.9. The van der Waals surface area contributed by atoms with Crippen LogP contribution in [0.4, 0.5) is 22.4 Å². The molecule has 5 aliphatic heterocycles. The average Bonchev–Trinajstić information content (AvgIpc) is 4.23. The van der Waals surface area contributed by atoms with Gasteiger partial charge in [-0.15, -0.1) is 11.3 Å². The largest absolute Gasteiger partial charge is 0.464 e. The highest BCUT2D eigenvalue weighted by molar-refractivity contribution is 7.10. The Balaban J connectivity index is 1.17. The Morgan fingerprint density at radius 1 is 1.00 bits per heavy atom. The lowest BCUT2D eigenvalue weighted by atomic mass is 9.71. The number of fused-ring (bicyclic) bond motifs is 6. The normalized spacial score (nSPS) is 22.6. The smallest absolute Gasteiger partial charge is 0.410 e. The summed E-state index contributed by atoms with van der Waals surface area (Å²) in [6.45, 7) is 21.2. The maximum atomic E-state index is 16.9. The molecule has 0 unspecified atom stereocenters. The van der Waals surface area contributed by atoms with Gasteiger partial charge in [-0.2, -0.15) is 13.2 Å². The molecular formula is C58H80F4N10O8S. The number of carbonyl (C=O) groups excluding carboxylic acids is 5. The summed E-state index contributed by atoms with van der Waals surface area (Å²) in [7, 11) is 3.50. The molecule has 1 spiro atoms. The number of ether oxygens (including phenoxy) is 3. The van der Waals surface area contributed by atoms with Crippen molar-refractivity contribution in [3.8, 4) is 11.3 Å². The number of piperidine rings is 2. The van der Waals surface area contributed by atoms with E-state index in [0.29, 0.717) is 92.9 Å².